The van der Waals surface area contributed by atoms with Crippen molar-refractivity contribution in [2.24, 2.45) is 5.41 Å². The van der Waals surface area contributed by atoms with Crippen LogP contribution in [0.2, 0.25) is 0 Å². The minimum atomic E-state index is -0.331. The van der Waals surface area contributed by atoms with E-state index >= 15 is 0 Å². The Morgan fingerprint density at radius 2 is 2.11 bits per heavy atom. The summed E-state index contributed by atoms with van der Waals surface area (Å²) in [7, 11) is 0. The van der Waals surface area contributed by atoms with Crippen LogP contribution in [-0.2, 0) is 16.1 Å². The van der Waals surface area contributed by atoms with Gasteiger partial charge in [0.25, 0.3) is 0 Å². The number of amides is 1. The molecule has 104 valence electrons. The van der Waals surface area contributed by atoms with Gasteiger partial charge in [0, 0.05) is 11.5 Å². The maximum atomic E-state index is 11.7. The van der Waals surface area contributed by atoms with Crippen LogP contribution < -0.4 is 5.32 Å². The molecule has 19 heavy (non-hydrogen) atoms. The molecule has 2 unspecified atom stereocenters. The number of ether oxygens (including phenoxy) is 1. The predicted octanol–water partition coefficient (Wildman–Crippen LogP) is 1.48. The maximum absolute atomic E-state index is 11.7. The van der Waals surface area contributed by atoms with Gasteiger partial charge in [-0.05, 0) is 12.0 Å². The van der Waals surface area contributed by atoms with E-state index in [-0.39, 0.29) is 30.1 Å². The second-order valence-electron chi connectivity index (χ2n) is 5.67. The van der Waals surface area contributed by atoms with Crippen LogP contribution >= 0.6 is 0 Å². The van der Waals surface area contributed by atoms with Gasteiger partial charge in [0.1, 0.15) is 6.61 Å². The van der Waals surface area contributed by atoms with E-state index in [4.69, 9.17) is 4.74 Å². The molecular weight excluding hydrogens is 242 g/mol. The summed E-state index contributed by atoms with van der Waals surface area (Å²) in [5.74, 6) is -0.124. The second kappa shape index (κ2) is 5.72. The second-order valence-corrected chi connectivity index (χ2v) is 5.67. The standard InChI is InChI=1S/C15H21NO3/c1-15(2)12(8-13(15)17)16-14(18)10-19-9-11-6-4-3-5-7-11/h3-7,12-13,17H,8-10H2,1-2H3,(H,16,18). The first-order valence-electron chi connectivity index (χ1n) is 6.59. The first-order chi connectivity index (χ1) is 9.00. The fourth-order valence-corrected chi connectivity index (χ4v) is 2.22. The molecule has 4 heteroatoms. The lowest BCUT2D eigenvalue weighted by Crippen LogP contribution is -2.61. The maximum Gasteiger partial charge on any atom is 0.246 e. The third kappa shape index (κ3) is 3.33. The molecule has 4 nitrogen and oxygen atoms in total. The predicted molar refractivity (Wildman–Crippen MR) is 72.4 cm³/mol. The normalized spacial score (nSPS) is 24.6. The molecule has 0 spiro atoms. The van der Waals surface area contributed by atoms with Gasteiger partial charge in [-0.3, -0.25) is 4.79 Å². The van der Waals surface area contributed by atoms with Crippen LogP contribution in [-0.4, -0.2) is 29.8 Å². The van der Waals surface area contributed by atoms with Gasteiger partial charge in [0.05, 0.1) is 12.7 Å². The average Bonchev–Trinajstić information content (AvgIpc) is 2.39. The van der Waals surface area contributed by atoms with E-state index in [1.165, 1.54) is 0 Å². The SMILES string of the molecule is CC1(C)C(O)CC1NC(=O)COCc1ccccc1. The zero-order chi connectivity index (χ0) is 13.9. The Bertz CT molecular complexity index is 430. The first-order valence-corrected chi connectivity index (χ1v) is 6.59. The van der Waals surface area contributed by atoms with E-state index in [9.17, 15) is 9.90 Å². The van der Waals surface area contributed by atoms with Crippen LogP contribution in [0.5, 0.6) is 0 Å². The van der Waals surface area contributed by atoms with Crippen LogP contribution in [0.3, 0.4) is 0 Å². The fraction of sp³-hybridized carbons (Fsp3) is 0.533. The summed E-state index contributed by atoms with van der Waals surface area (Å²) >= 11 is 0. The Kier molecular flexibility index (Phi) is 4.22. The van der Waals surface area contributed by atoms with E-state index < -0.39 is 0 Å². The van der Waals surface area contributed by atoms with Crippen LogP contribution in [0, 0.1) is 5.41 Å². The molecule has 0 aliphatic heterocycles. The average molecular weight is 263 g/mol. The van der Waals surface area contributed by atoms with E-state index in [0.717, 1.165) is 5.56 Å². The first kappa shape index (κ1) is 14.0. The lowest BCUT2D eigenvalue weighted by molar-refractivity contribution is -0.134. The van der Waals surface area contributed by atoms with E-state index in [1.807, 2.05) is 44.2 Å². The number of carbonyl (C=O) groups is 1. The molecule has 1 aliphatic carbocycles. The third-order valence-corrected chi connectivity index (χ3v) is 3.90. The molecule has 1 aromatic carbocycles. The number of hydrogen-bond donors (Lipinski definition) is 2. The molecule has 1 fully saturated rings. The van der Waals surface area contributed by atoms with Crippen molar-refractivity contribution in [3.63, 3.8) is 0 Å². The molecular formula is C15H21NO3. The number of carbonyl (C=O) groups excluding carboxylic acids is 1. The van der Waals surface area contributed by atoms with E-state index in [2.05, 4.69) is 5.32 Å². The number of aliphatic hydroxyl groups is 1. The van der Waals surface area contributed by atoms with Crippen molar-refractivity contribution in [2.45, 2.75) is 39.0 Å². The van der Waals surface area contributed by atoms with Crippen LogP contribution in [0.1, 0.15) is 25.8 Å². The molecule has 0 saturated heterocycles. The Labute approximate surface area is 113 Å². The van der Waals surface area contributed by atoms with E-state index in [1.54, 1.807) is 0 Å². The summed E-state index contributed by atoms with van der Waals surface area (Å²) in [5, 5.41) is 12.5. The summed E-state index contributed by atoms with van der Waals surface area (Å²) in [5.41, 5.74) is 0.810. The fourth-order valence-electron chi connectivity index (χ4n) is 2.22. The molecule has 2 atom stereocenters. The number of nitrogens with one attached hydrogen (secondary N) is 1. The Morgan fingerprint density at radius 3 is 2.68 bits per heavy atom. The third-order valence-electron chi connectivity index (χ3n) is 3.90. The van der Waals surface area contributed by atoms with Gasteiger partial charge < -0.3 is 15.2 Å². The van der Waals surface area contributed by atoms with Gasteiger partial charge in [0.15, 0.2) is 0 Å². The molecule has 0 heterocycles. The van der Waals surface area contributed by atoms with Gasteiger partial charge in [0.2, 0.25) is 5.91 Å². The molecule has 1 aliphatic rings. The highest BCUT2D eigenvalue weighted by atomic mass is 16.5. The van der Waals surface area contributed by atoms with Gasteiger partial charge in [-0.1, -0.05) is 44.2 Å². The summed E-state index contributed by atoms with van der Waals surface area (Å²) in [4.78, 5) is 11.7. The quantitative estimate of drug-likeness (QED) is 0.846. The van der Waals surface area contributed by atoms with Crippen molar-refractivity contribution < 1.29 is 14.6 Å². The highest BCUT2D eigenvalue weighted by Gasteiger charge is 2.47. The monoisotopic (exact) mass is 263 g/mol. The molecule has 1 aromatic rings. The number of hydrogen-bond acceptors (Lipinski definition) is 3. The molecule has 2 N–H and O–H groups in total. The number of aliphatic hydroxyl groups excluding tert-OH is 1. The van der Waals surface area contributed by atoms with Crippen molar-refractivity contribution in [3.8, 4) is 0 Å². The van der Waals surface area contributed by atoms with Gasteiger partial charge in [-0.25, -0.2) is 0 Å². The topological polar surface area (TPSA) is 58.6 Å². The zero-order valence-electron chi connectivity index (χ0n) is 11.4. The highest BCUT2D eigenvalue weighted by molar-refractivity contribution is 5.77. The zero-order valence-corrected chi connectivity index (χ0v) is 11.4. The van der Waals surface area contributed by atoms with Crippen LogP contribution in [0.25, 0.3) is 0 Å². The van der Waals surface area contributed by atoms with Crippen molar-refractivity contribution in [1.29, 1.82) is 0 Å². The minimum Gasteiger partial charge on any atom is -0.392 e. The Hall–Kier alpha value is -1.39. The number of rotatable bonds is 5. The Morgan fingerprint density at radius 1 is 1.42 bits per heavy atom. The summed E-state index contributed by atoms with van der Waals surface area (Å²) in [6, 6.07) is 9.79. The molecule has 0 bridgehead atoms. The lowest BCUT2D eigenvalue weighted by atomic mass is 9.64. The van der Waals surface area contributed by atoms with Gasteiger partial charge in [-0.2, -0.15) is 0 Å². The van der Waals surface area contributed by atoms with Crippen molar-refractivity contribution >= 4 is 5.91 Å². The molecule has 1 saturated carbocycles. The summed E-state index contributed by atoms with van der Waals surface area (Å²) < 4.78 is 5.37. The Balaban J connectivity index is 1.68. The smallest absolute Gasteiger partial charge is 0.246 e. The largest absolute Gasteiger partial charge is 0.392 e. The summed E-state index contributed by atoms with van der Waals surface area (Å²) in [6.07, 6.45) is 0.292. The minimum absolute atomic E-state index is 0.0373. The van der Waals surface area contributed by atoms with Crippen molar-refractivity contribution in [1.82, 2.24) is 5.32 Å². The lowest BCUT2D eigenvalue weighted by Gasteiger charge is -2.49. The van der Waals surface area contributed by atoms with E-state index in [0.29, 0.717) is 13.0 Å². The highest BCUT2D eigenvalue weighted by Crippen LogP contribution is 2.40. The molecule has 1 amide bonds. The molecule has 2 rings (SSSR count). The van der Waals surface area contributed by atoms with Crippen LogP contribution in [0.4, 0.5) is 0 Å². The van der Waals surface area contributed by atoms with Crippen LogP contribution in [0.15, 0.2) is 30.3 Å². The molecule has 0 radical (unpaired) electrons. The summed E-state index contributed by atoms with van der Waals surface area (Å²) in [6.45, 7) is 4.40. The van der Waals surface area contributed by atoms with Gasteiger partial charge >= 0.3 is 0 Å². The van der Waals surface area contributed by atoms with Crippen molar-refractivity contribution in [3.05, 3.63) is 35.9 Å². The van der Waals surface area contributed by atoms with Crippen molar-refractivity contribution in [2.75, 3.05) is 6.61 Å². The molecule has 0 aromatic heterocycles. The number of benzene rings is 1. The van der Waals surface area contributed by atoms with Gasteiger partial charge in [-0.15, -0.1) is 0 Å².